The van der Waals surface area contributed by atoms with Crippen molar-refractivity contribution in [2.45, 2.75) is 57.0 Å². The fourth-order valence-corrected chi connectivity index (χ4v) is 6.77. The Morgan fingerprint density at radius 2 is 1.33 bits per heavy atom. The zero-order valence-corrected chi connectivity index (χ0v) is 24.1. The number of carbonyl (C=O) groups excluding carboxylic acids is 1. The number of carbonyl (C=O) groups is 1. The first-order valence-corrected chi connectivity index (χ1v) is 14.4. The number of benzene rings is 4. The normalized spacial score (nSPS) is 22.9. The van der Waals surface area contributed by atoms with Gasteiger partial charge in [0.2, 0.25) is 0 Å². The van der Waals surface area contributed by atoms with Gasteiger partial charge in [-0.3, -0.25) is 4.79 Å². The van der Waals surface area contributed by atoms with Crippen molar-refractivity contribution in [2.24, 2.45) is 5.92 Å². The first-order chi connectivity index (χ1) is 20.4. The molecule has 2 N–H and O–H groups in total. The quantitative estimate of drug-likeness (QED) is 0.266. The molecule has 0 aromatic heterocycles. The molecule has 1 fully saturated rings. The summed E-state index contributed by atoms with van der Waals surface area (Å²) in [6.45, 7) is 2.45. The Morgan fingerprint density at radius 1 is 0.810 bits per heavy atom. The lowest BCUT2D eigenvalue weighted by molar-refractivity contribution is -0.154. The van der Waals surface area contributed by atoms with Gasteiger partial charge in [-0.15, -0.1) is 0 Å². The van der Waals surface area contributed by atoms with Crippen LogP contribution < -0.4 is 18.9 Å². The Labute approximate surface area is 245 Å². The average Bonchev–Trinajstić information content (AvgIpc) is 3.42. The van der Waals surface area contributed by atoms with Crippen molar-refractivity contribution < 1.29 is 34.0 Å². The van der Waals surface area contributed by atoms with Crippen molar-refractivity contribution in [3.05, 3.63) is 95.1 Å². The summed E-state index contributed by atoms with van der Waals surface area (Å²) < 4.78 is 25.0. The largest absolute Gasteiger partial charge is 0.496 e. The van der Waals surface area contributed by atoms with E-state index in [1.165, 1.54) is 0 Å². The van der Waals surface area contributed by atoms with Crippen LogP contribution in [-0.2, 0) is 24.4 Å². The van der Waals surface area contributed by atoms with E-state index in [2.05, 4.69) is 0 Å². The van der Waals surface area contributed by atoms with Gasteiger partial charge in [0, 0.05) is 29.4 Å². The Bertz CT molecular complexity index is 1600. The minimum atomic E-state index is -1.56. The number of ketones is 1. The summed E-state index contributed by atoms with van der Waals surface area (Å²) in [5, 5.41) is 23.8. The molecule has 4 aromatic carbocycles. The van der Waals surface area contributed by atoms with Crippen LogP contribution in [0.5, 0.6) is 23.0 Å². The molecule has 7 heteroatoms. The van der Waals surface area contributed by atoms with Crippen LogP contribution >= 0.6 is 0 Å². The van der Waals surface area contributed by atoms with Gasteiger partial charge in [-0.2, -0.15) is 0 Å². The van der Waals surface area contributed by atoms with Gasteiger partial charge in [0.25, 0.3) is 0 Å². The summed E-state index contributed by atoms with van der Waals surface area (Å²) in [6.07, 6.45) is -0.389. The first kappa shape index (κ1) is 28.1. The topological polar surface area (TPSA) is 94.5 Å². The van der Waals surface area contributed by atoms with Gasteiger partial charge in [0.1, 0.15) is 41.8 Å². The van der Waals surface area contributed by atoms with E-state index in [0.29, 0.717) is 53.4 Å². The maximum Gasteiger partial charge on any atom is 0.168 e. The van der Waals surface area contributed by atoms with E-state index in [4.69, 9.17) is 18.9 Å². The molecular weight excluding hydrogens is 532 g/mol. The van der Waals surface area contributed by atoms with Crippen molar-refractivity contribution >= 4 is 16.6 Å². The molecule has 7 nitrogen and oxygen atoms in total. The van der Waals surface area contributed by atoms with E-state index >= 15 is 0 Å². The monoisotopic (exact) mass is 568 g/mol. The van der Waals surface area contributed by atoms with E-state index in [9.17, 15) is 15.0 Å². The second-order valence-corrected chi connectivity index (χ2v) is 11.2. The number of rotatable bonds is 9. The van der Waals surface area contributed by atoms with Gasteiger partial charge in [0.05, 0.1) is 31.1 Å². The van der Waals surface area contributed by atoms with E-state index < -0.39 is 23.5 Å². The summed E-state index contributed by atoms with van der Waals surface area (Å²) in [5.74, 6) is 0.860. The molecule has 0 amide bonds. The molecule has 0 unspecified atom stereocenters. The highest BCUT2D eigenvalue weighted by Crippen LogP contribution is 2.59. The number of methoxy groups -OCH3 is 2. The maximum atomic E-state index is 13.6. The van der Waals surface area contributed by atoms with Crippen molar-refractivity contribution in [3.8, 4) is 23.0 Å². The molecule has 4 atom stereocenters. The standard InChI is InChI=1S/C35H36O7/c1-4-35(38)18-25(36)28-24(34(35)37)17-23-29(28)33(40-3)31-27(42-20-22-13-9-6-10-14-22)16-15-26(30(31)32(23)39-2)41-19-21-11-7-5-8-12-21/h5-16,24-25,28,36,38H,4,17-20H2,1-3H3/t24-,25-,28+,35-/m0/s1. The molecule has 0 aliphatic heterocycles. The molecule has 2 aliphatic carbocycles. The predicted molar refractivity (Wildman–Crippen MR) is 159 cm³/mol. The van der Waals surface area contributed by atoms with Crippen LogP contribution in [0.4, 0.5) is 0 Å². The molecule has 0 spiro atoms. The average molecular weight is 569 g/mol. The molecule has 0 heterocycles. The number of aliphatic hydroxyl groups is 2. The van der Waals surface area contributed by atoms with Crippen LogP contribution in [0, 0.1) is 5.92 Å². The van der Waals surface area contributed by atoms with E-state index in [-0.39, 0.29) is 18.6 Å². The Morgan fingerprint density at radius 3 is 1.83 bits per heavy atom. The van der Waals surface area contributed by atoms with Gasteiger partial charge >= 0.3 is 0 Å². The molecule has 218 valence electrons. The molecule has 1 saturated carbocycles. The highest BCUT2D eigenvalue weighted by atomic mass is 16.5. The molecular formula is C35H36O7. The summed E-state index contributed by atoms with van der Waals surface area (Å²) in [7, 11) is 3.19. The fourth-order valence-electron chi connectivity index (χ4n) is 6.77. The third-order valence-electron chi connectivity index (χ3n) is 8.84. The number of aliphatic hydroxyl groups excluding tert-OH is 1. The van der Waals surface area contributed by atoms with E-state index in [1.807, 2.05) is 72.8 Å². The zero-order chi connectivity index (χ0) is 29.4. The zero-order valence-electron chi connectivity index (χ0n) is 24.1. The van der Waals surface area contributed by atoms with Crippen molar-refractivity contribution in [1.29, 1.82) is 0 Å². The molecule has 2 aliphatic rings. The number of hydrogen-bond acceptors (Lipinski definition) is 7. The Hall–Kier alpha value is -4.07. The lowest BCUT2D eigenvalue weighted by Crippen LogP contribution is -2.52. The first-order valence-electron chi connectivity index (χ1n) is 14.4. The van der Waals surface area contributed by atoms with Crippen LogP contribution in [0.25, 0.3) is 10.8 Å². The smallest absolute Gasteiger partial charge is 0.168 e. The van der Waals surface area contributed by atoms with Gasteiger partial charge in [0.15, 0.2) is 5.78 Å². The van der Waals surface area contributed by atoms with Gasteiger partial charge in [-0.25, -0.2) is 0 Å². The third-order valence-corrected chi connectivity index (χ3v) is 8.84. The summed E-state index contributed by atoms with van der Waals surface area (Å²) in [6, 6.07) is 23.5. The van der Waals surface area contributed by atoms with Crippen LogP contribution in [0.3, 0.4) is 0 Å². The van der Waals surface area contributed by atoms with Crippen LogP contribution in [0.2, 0.25) is 0 Å². The van der Waals surface area contributed by atoms with Crippen molar-refractivity contribution in [3.63, 3.8) is 0 Å². The van der Waals surface area contributed by atoms with Crippen LogP contribution in [-0.4, -0.2) is 41.9 Å². The molecule has 0 bridgehead atoms. The number of fused-ring (bicyclic) bond motifs is 4. The highest BCUT2D eigenvalue weighted by molar-refractivity contribution is 6.05. The van der Waals surface area contributed by atoms with Crippen LogP contribution in [0.15, 0.2) is 72.8 Å². The summed E-state index contributed by atoms with van der Waals surface area (Å²) in [5.41, 5.74) is 1.98. The second kappa shape index (κ2) is 11.3. The second-order valence-electron chi connectivity index (χ2n) is 11.2. The molecule has 42 heavy (non-hydrogen) atoms. The molecule has 4 aromatic rings. The van der Waals surface area contributed by atoms with E-state index in [1.54, 1.807) is 21.1 Å². The summed E-state index contributed by atoms with van der Waals surface area (Å²) in [4.78, 5) is 13.6. The third kappa shape index (κ3) is 4.67. The predicted octanol–water partition coefficient (Wildman–Crippen LogP) is 5.75. The van der Waals surface area contributed by atoms with Crippen molar-refractivity contribution in [1.82, 2.24) is 0 Å². The SMILES string of the molecule is CC[C@]1(O)C[C@H](O)[C@@H]2c3c(c(OC)c4c(OCc5ccccc5)ccc(OCc5ccccc5)c4c3OC)C[C@@H]2C1=O. The van der Waals surface area contributed by atoms with Crippen LogP contribution in [0.1, 0.15) is 47.9 Å². The molecule has 6 rings (SSSR count). The number of ether oxygens (including phenoxy) is 4. The minimum Gasteiger partial charge on any atom is -0.496 e. The Balaban J connectivity index is 1.54. The lowest BCUT2D eigenvalue weighted by Gasteiger charge is -2.40. The van der Waals surface area contributed by atoms with Gasteiger partial charge in [-0.1, -0.05) is 67.6 Å². The van der Waals surface area contributed by atoms with Crippen molar-refractivity contribution in [2.75, 3.05) is 14.2 Å². The lowest BCUT2D eigenvalue weighted by atomic mass is 9.68. The maximum absolute atomic E-state index is 13.6. The van der Waals surface area contributed by atoms with Gasteiger partial charge in [-0.05, 0) is 36.1 Å². The van der Waals surface area contributed by atoms with Gasteiger partial charge < -0.3 is 29.2 Å². The minimum absolute atomic E-state index is 0.0238. The summed E-state index contributed by atoms with van der Waals surface area (Å²) >= 11 is 0. The molecule has 0 radical (unpaired) electrons. The highest BCUT2D eigenvalue weighted by Gasteiger charge is 2.56. The number of Topliss-reactive ketones (excluding diaryl/α,β-unsaturated/α-hetero) is 1. The fraction of sp³-hybridized carbons (Fsp3) is 0.343. The number of hydrogen-bond donors (Lipinski definition) is 2. The molecule has 0 saturated heterocycles. The Kier molecular flexibility index (Phi) is 7.56. The van der Waals surface area contributed by atoms with E-state index in [0.717, 1.165) is 22.3 Å².